The number of aryl methyl sites for hydroxylation is 1. The molecule has 2 bridgehead atoms. The molecule has 3 aliphatic heterocycles. The first-order valence-electron chi connectivity index (χ1n) is 14.3. The average molecular weight is 538 g/mol. The number of ether oxygens (including phenoxy) is 2. The van der Waals surface area contributed by atoms with Gasteiger partial charge in [0.1, 0.15) is 11.4 Å². The summed E-state index contributed by atoms with van der Waals surface area (Å²) >= 11 is 0. The van der Waals surface area contributed by atoms with E-state index in [0.717, 1.165) is 49.3 Å². The van der Waals surface area contributed by atoms with Crippen LogP contribution in [0, 0.1) is 6.92 Å². The second-order valence-electron chi connectivity index (χ2n) is 12.2. The Morgan fingerprint density at radius 1 is 1.10 bits per heavy atom. The zero-order valence-corrected chi connectivity index (χ0v) is 24.0. The molecule has 0 saturated carbocycles. The molecule has 9 nitrogen and oxygen atoms in total. The fraction of sp³-hybridized carbons (Fsp3) is 0.633. The number of aromatic nitrogens is 2. The smallest absolute Gasteiger partial charge is 0.409 e. The van der Waals surface area contributed by atoms with Gasteiger partial charge in [-0.25, -0.2) is 14.6 Å². The van der Waals surface area contributed by atoms with E-state index in [4.69, 9.17) is 14.5 Å². The lowest BCUT2D eigenvalue weighted by Gasteiger charge is -2.41. The van der Waals surface area contributed by atoms with Crippen LogP contribution in [0.3, 0.4) is 0 Å². The summed E-state index contributed by atoms with van der Waals surface area (Å²) in [6, 6.07) is 11.5. The van der Waals surface area contributed by atoms with Crippen LogP contribution >= 0.6 is 0 Å². The molecule has 0 spiro atoms. The molecule has 1 N–H and O–H groups in total. The van der Waals surface area contributed by atoms with Crippen LogP contribution in [0.15, 0.2) is 30.3 Å². The Hall–Kier alpha value is -3.07. The third kappa shape index (κ3) is 6.08. The molecule has 0 aliphatic carbocycles. The fourth-order valence-electron chi connectivity index (χ4n) is 6.84. The van der Waals surface area contributed by atoms with Crippen LogP contribution in [0.5, 0.6) is 0 Å². The van der Waals surface area contributed by atoms with Gasteiger partial charge in [0.25, 0.3) is 0 Å². The minimum Gasteiger partial charge on any atom is -0.453 e. The van der Waals surface area contributed by atoms with Gasteiger partial charge in [-0.15, -0.1) is 0 Å². The molecule has 1 unspecified atom stereocenters. The maximum Gasteiger partial charge on any atom is 0.409 e. The van der Waals surface area contributed by atoms with Crippen molar-refractivity contribution in [1.82, 2.24) is 24.7 Å². The van der Waals surface area contributed by atoms with Crippen LogP contribution < -0.4 is 5.32 Å². The van der Waals surface area contributed by atoms with Crippen LogP contribution in [-0.4, -0.2) is 69.4 Å². The zero-order chi connectivity index (χ0) is 27.7. The minimum absolute atomic E-state index is 0.106. The Labute approximate surface area is 231 Å². The van der Waals surface area contributed by atoms with E-state index in [1.807, 2.05) is 39.0 Å². The zero-order valence-electron chi connectivity index (χ0n) is 24.0. The van der Waals surface area contributed by atoms with Gasteiger partial charge in [0, 0.05) is 37.6 Å². The number of alkyl carbamates (subject to hydrolysis) is 1. The maximum atomic E-state index is 12.7. The van der Waals surface area contributed by atoms with Gasteiger partial charge in [-0.3, -0.25) is 4.90 Å². The summed E-state index contributed by atoms with van der Waals surface area (Å²) in [4.78, 5) is 34.2. The molecule has 9 heteroatoms. The molecule has 3 aliphatic rings. The molecule has 1 aromatic heterocycles. The van der Waals surface area contributed by atoms with Crippen LogP contribution in [0.25, 0.3) is 0 Å². The van der Waals surface area contributed by atoms with Crippen molar-refractivity contribution >= 4 is 12.2 Å². The van der Waals surface area contributed by atoms with Crippen LogP contribution in [0.1, 0.15) is 87.7 Å². The first-order valence-corrected chi connectivity index (χ1v) is 14.3. The van der Waals surface area contributed by atoms with E-state index < -0.39 is 5.60 Å². The number of hydrogen-bond acceptors (Lipinski definition) is 6. The number of methoxy groups -OCH3 is 1. The molecule has 1 aromatic carbocycles. The van der Waals surface area contributed by atoms with E-state index in [2.05, 4.69) is 33.8 Å². The number of carbonyl (C=O) groups excluding carboxylic acids is 2. The predicted octanol–water partition coefficient (Wildman–Crippen LogP) is 5.14. The monoisotopic (exact) mass is 537 g/mol. The van der Waals surface area contributed by atoms with Crippen molar-refractivity contribution in [1.29, 1.82) is 0 Å². The quantitative estimate of drug-likeness (QED) is 0.549. The lowest BCUT2D eigenvalue weighted by Crippen LogP contribution is -2.45. The normalized spacial score (nSPS) is 23.7. The number of amides is 2. The van der Waals surface area contributed by atoms with Gasteiger partial charge in [-0.2, -0.15) is 0 Å². The van der Waals surface area contributed by atoms with Gasteiger partial charge >= 0.3 is 12.2 Å². The van der Waals surface area contributed by atoms with E-state index in [-0.39, 0.29) is 18.2 Å². The Morgan fingerprint density at radius 3 is 2.44 bits per heavy atom. The summed E-state index contributed by atoms with van der Waals surface area (Å²) in [7, 11) is 1.44. The SMILES string of the molecule is COC(=O)N1CCc2nc(C)n(C3C[C@H]4CC[C@@H](C3)N4CC[C@H](NC(=O)OC(C)(C)C)c3ccccc3)c2C1. The van der Waals surface area contributed by atoms with Crippen molar-refractivity contribution in [2.24, 2.45) is 0 Å². The Balaban J connectivity index is 1.27. The molecule has 39 heavy (non-hydrogen) atoms. The van der Waals surface area contributed by atoms with Crippen LogP contribution in [0.2, 0.25) is 0 Å². The van der Waals surface area contributed by atoms with Gasteiger partial charge in [0.05, 0.1) is 31.1 Å². The number of hydrogen-bond donors (Lipinski definition) is 1. The lowest BCUT2D eigenvalue weighted by atomic mass is 9.95. The third-order valence-electron chi connectivity index (χ3n) is 8.45. The summed E-state index contributed by atoms with van der Waals surface area (Å²) in [5.41, 5.74) is 2.86. The molecular weight excluding hydrogens is 494 g/mol. The molecule has 4 heterocycles. The second kappa shape index (κ2) is 11.2. The van der Waals surface area contributed by atoms with Crippen molar-refractivity contribution in [3.63, 3.8) is 0 Å². The summed E-state index contributed by atoms with van der Waals surface area (Å²) in [6.45, 7) is 9.90. The molecule has 5 rings (SSSR count). The Morgan fingerprint density at radius 2 is 1.79 bits per heavy atom. The molecular formula is C30H43N5O4. The average Bonchev–Trinajstić information content (AvgIpc) is 3.35. The number of piperidine rings is 1. The van der Waals surface area contributed by atoms with Crippen LogP contribution in [-0.2, 0) is 22.4 Å². The number of carbonyl (C=O) groups is 2. The van der Waals surface area contributed by atoms with Gasteiger partial charge < -0.3 is 24.3 Å². The largest absolute Gasteiger partial charge is 0.453 e. The van der Waals surface area contributed by atoms with E-state index in [0.29, 0.717) is 31.2 Å². The molecule has 2 fully saturated rings. The van der Waals surface area contributed by atoms with Crippen molar-refractivity contribution in [3.8, 4) is 0 Å². The first-order chi connectivity index (χ1) is 18.6. The summed E-state index contributed by atoms with van der Waals surface area (Å²) in [5, 5.41) is 3.13. The molecule has 2 saturated heterocycles. The second-order valence-corrected chi connectivity index (χ2v) is 12.2. The van der Waals surface area contributed by atoms with Crippen molar-refractivity contribution < 1.29 is 19.1 Å². The van der Waals surface area contributed by atoms with Crippen molar-refractivity contribution in [3.05, 3.63) is 53.1 Å². The van der Waals surface area contributed by atoms with Gasteiger partial charge in [-0.05, 0) is 65.4 Å². The number of imidazole rings is 1. The number of benzene rings is 1. The molecule has 0 radical (unpaired) electrons. The highest BCUT2D eigenvalue weighted by molar-refractivity contribution is 5.68. The highest BCUT2D eigenvalue weighted by Gasteiger charge is 2.42. The Kier molecular flexibility index (Phi) is 7.89. The maximum absolute atomic E-state index is 12.7. The fourth-order valence-corrected chi connectivity index (χ4v) is 6.84. The molecule has 2 aromatic rings. The topological polar surface area (TPSA) is 88.9 Å². The van der Waals surface area contributed by atoms with E-state index >= 15 is 0 Å². The third-order valence-corrected chi connectivity index (χ3v) is 8.45. The molecule has 212 valence electrons. The molecule has 4 atom stereocenters. The van der Waals surface area contributed by atoms with E-state index in [1.54, 1.807) is 4.90 Å². The van der Waals surface area contributed by atoms with E-state index in [9.17, 15) is 9.59 Å². The highest BCUT2D eigenvalue weighted by Crippen LogP contribution is 2.43. The van der Waals surface area contributed by atoms with Crippen molar-refractivity contribution in [2.45, 2.75) is 103 Å². The molecule has 2 amide bonds. The van der Waals surface area contributed by atoms with Gasteiger partial charge in [-0.1, -0.05) is 30.3 Å². The number of nitrogens with zero attached hydrogens (tertiary/aromatic N) is 4. The predicted molar refractivity (Wildman–Crippen MR) is 148 cm³/mol. The van der Waals surface area contributed by atoms with Crippen molar-refractivity contribution in [2.75, 3.05) is 20.2 Å². The summed E-state index contributed by atoms with van der Waals surface area (Å²) < 4.78 is 13.0. The van der Waals surface area contributed by atoms with Gasteiger partial charge in [0.2, 0.25) is 0 Å². The van der Waals surface area contributed by atoms with Crippen LogP contribution in [0.4, 0.5) is 9.59 Å². The summed E-state index contributed by atoms with van der Waals surface area (Å²) in [6.07, 6.45) is 5.50. The Bertz CT molecular complexity index is 1160. The number of nitrogens with one attached hydrogen (secondary N) is 1. The van der Waals surface area contributed by atoms with Gasteiger partial charge in [0.15, 0.2) is 0 Å². The summed E-state index contributed by atoms with van der Waals surface area (Å²) in [5.74, 6) is 1.05. The lowest BCUT2D eigenvalue weighted by molar-refractivity contribution is 0.0488. The highest BCUT2D eigenvalue weighted by atomic mass is 16.6. The number of rotatable bonds is 6. The number of fused-ring (bicyclic) bond motifs is 3. The van der Waals surface area contributed by atoms with E-state index in [1.165, 1.54) is 25.6 Å². The standard InChI is InChI=1S/C30H43N5O4/c1-20-31-26-13-15-33(29(37)38-5)19-27(26)35(20)24-17-22-11-12-23(18-24)34(22)16-14-25(21-9-7-6-8-10-21)32-28(36)39-30(2,3)4/h6-10,22-25H,11-19H2,1-5H3,(H,32,36)/t22-,23+,24?,25-/m0/s1. The minimum atomic E-state index is -0.537. The first kappa shape index (κ1) is 27.5.